The maximum atomic E-state index is 11.1. The van der Waals surface area contributed by atoms with Crippen LogP contribution in [0.2, 0.25) is 0 Å². The van der Waals surface area contributed by atoms with Crippen molar-refractivity contribution in [2.24, 2.45) is 0 Å². The molecular formula is C13H18O4. The Morgan fingerprint density at radius 1 is 1.29 bits per heavy atom. The number of carbonyl (C=O) groups excluding carboxylic acids is 1. The Morgan fingerprint density at radius 2 is 2.00 bits per heavy atom. The predicted molar refractivity (Wildman–Crippen MR) is 64.3 cm³/mol. The van der Waals surface area contributed by atoms with Gasteiger partial charge in [0, 0.05) is 6.07 Å². The molecule has 0 saturated heterocycles. The Kier molecular flexibility index (Phi) is 5.33. The fourth-order valence-corrected chi connectivity index (χ4v) is 1.25. The van der Waals surface area contributed by atoms with Gasteiger partial charge in [-0.3, -0.25) is 0 Å². The zero-order chi connectivity index (χ0) is 12.7. The topological polar surface area (TPSA) is 44.8 Å². The third-order valence-electron chi connectivity index (χ3n) is 1.84. The van der Waals surface area contributed by atoms with Crippen molar-refractivity contribution in [3.05, 3.63) is 24.3 Å². The molecule has 17 heavy (non-hydrogen) atoms. The van der Waals surface area contributed by atoms with Gasteiger partial charge in [-0.2, -0.15) is 0 Å². The first-order valence-corrected chi connectivity index (χ1v) is 5.67. The molecular weight excluding hydrogens is 220 g/mol. The Hall–Kier alpha value is -1.71. The molecule has 0 N–H and O–H groups in total. The van der Waals surface area contributed by atoms with E-state index in [1.165, 1.54) is 0 Å². The molecule has 0 heterocycles. The highest BCUT2D eigenvalue weighted by Gasteiger charge is 2.04. The van der Waals surface area contributed by atoms with Crippen LogP contribution in [0.3, 0.4) is 0 Å². The monoisotopic (exact) mass is 238 g/mol. The van der Waals surface area contributed by atoms with Gasteiger partial charge < -0.3 is 14.2 Å². The number of hydrogen-bond acceptors (Lipinski definition) is 4. The van der Waals surface area contributed by atoms with Crippen molar-refractivity contribution in [3.8, 4) is 11.5 Å². The highest BCUT2D eigenvalue weighted by atomic mass is 16.6. The minimum atomic E-state index is -0.373. The van der Waals surface area contributed by atoms with E-state index >= 15 is 0 Å². The fraction of sp³-hybridized carbons (Fsp3) is 0.462. The maximum Gasteiger partial charge on any atom is 0.344 e. The SMILES string of the molecule is CCOC(=O)COc1cccc(OC(C)C)c1. The molecule has 0 unspecified atom stereocenters. The number of ether oxygens (including phenoxy) is 3. The Labute approximate surface area is 101 Å². The van der Waals surface area contributed by atoms with Crippen molar-refractivity contribution in [3.63, 3.8) is 0 Å². The van der Waals surface area contributed by atoms with Gasteiger partial charge in [0.25, 0.3) is 0 Å². The highest BCUT2D eigenvalue weighted by molar-refractivity contribution is 5.71. The first-order valence-electron chi connectivity index (χ1n) is 5.67. The summed E-state index contributed by atoms with van der Waals surface area (Å²) in [4.78, 5) is 11.1. The largest absolute Gasteiger partial charge is 0.491 e. The molecule has 0 aliphatic rings. The minimum absolute atomic E-state index is 0.0844. The van der Waals surface area contributed by atoms with Crippen molar-refractivity contribution >= 4 is 5.97 Å². The zero-order valence-electron chi connectivity index (χ0n) is 10.4. The van der Waals surface area contributed by atoms with Crippen LogP contribution in [0.1, 0.15) is 20.8 Å². The third-order valence-corrected chi connectivity index (χ3v) is 1.84. The summed E-state index contributed by atoms with van der Waals surface area (Å²) in [5.41, 5.74) is 0. The molecule has 1 aromatic carbocycles. The Balaban J connectivity index is 2.51. The van der Waals surface area contributed by atoms with Gasteiger partial charge >= 0.3 is 5.97 Å². The average Bonchev–Trinajstić information content (AvgIpc) is 2.26. The van der Waals surface area contributed by atoms with E-state index in [4.69, 9.17) is 14.2 Å². The van der Waals surface area contributed by atoms with Gasteiger partial charge in [-0.15, -0.1) is 0 Å². The van der Waals surface area contributed by atoms with Crippen LogP contribution in [-0.4, -0.2) is 25.3 Å². The van der Waals surface area contributed by atoms with Crippen LogP contribution in [0.5, 0.6) is 11.5 Å². The van der Waals surface area contributed by atoms with E-state index < -0.39 is 0 Å². The lowest BCUT2D eigenvalue weighted by molar-refractivity contribution is -0.145. The van der Waals surface area contributed by atoms with Gasteiger partial charge in [0.05, 0.1) is 12.7 Å². The lowest BCUT2D eigenvalue weighted by Crippen LogP contribution is -2.14. The quantitative estimate of drug-likeness (QED) is 0.714. The van der Waals surface area contributed by atoms with Crippen molar-refractivity contribution in [2.45, 2.75) is 26.9 Å². The van der Waals surface area contributed by atoms with Gasteiger partial charge in [-0.1, -0.05) is 6.07 Å². The van der Waals surface area contributed by atoms with Crippen LogP contribution >= 0.6 is 0 Å². The van der Waals surface area contributed by atoms with Gasteiger partial charge in [0.15, 0.2) is 6.61 Å². The van der Waals surface area contributed by atoms with E-state index in [-0.39, 0.29) is 18.7 Å². The number of esters is 1. The number of benzene rings is 1. The molecule has 0 aromatic heterocycles. The molecule has 0 spiro atoms. The molecule has 0 aliphatic carbocycles. The Bertz CT molecular complexity index is 360. The van der Waals surface area contributed by atoms with Crippen molar-refractivity contribution < 1.29 is 19.0 Å². The molecule has 0 atom stereocenters. The van der Waals surface area contributed by atoms with E-state index in [0.717, 1.165) is 5.75 Å². The van der Waals surface area contributed by atoms with Crippen LogP contribution in [0, 0.1) is 0 Å². The van der Waals surface area contributed by atoms with Crippen molar-refractivity contribution in [1.29, 1.82) is 0 Å². The summed E-state index contributed by atoms with van der Waals surface area (Å²) < 4.78 is 15.6. The summed E-state index contributed by atoms with van der Waals surface area (Å²) in [6.45, 7) is 5.94. The van der Waals surface area contributed by atoms with E-state index in [9.17, 15) is 4.79 Å². The van der Waals surface area contributed by atoms with Crippen molar-refractivity contribution in [2.75, 3.05) is 13.2 Å². The summed E-state index contributed by atoms with van der Waals surface area (Å²) in [7, 11) is 0. The summed E-state index contributed by atoms with van der Waals surface area (Å²) in [6.07, 6.45) is 0.107. The maximum absolute atomic E-state index is 11.1. The van der Waals surface area contributed by atoms with Crippen LogP contribution in [0.15, 0.2) is 24.3 Å². The van der Waals surface area contributed by atoms with E-state index in [2.05, 4.69) is 0 Å². The van der Waals surface area contributed by atoms with Crippen LogP contribution in [-0.2, 0) is 9.53 Å². The first-order chi connectivity index (χ1) is 8.11. The predicted octanol–water partition coefficient (Wildman–Crippen LogP) is 2.42. The van der Waals surface area contributed by atoms with Gasteiger partial charge in [0.1, 0.15) is 11.5 Å². The van der Waals surface area contributed by atoms with Crippen LogP contribution in [0.25, 0.3) is 0 Å². The molecule has 4 nitrogen and oxygen atoms in total. The summed E-state index contributed by atoms with van der Waals surface area (Å²) in [5, 5.41) is 0. The lowest BCUT2D eigenvalue weighted by atomic mass is 10.3. The van der Waals surface area contributed by atoms with E-state index in [1.54, 1.807) is 19.1 Å². The van der Waals surface area contributed by atoms with Gasteiger partial charge in [0.2, 0.25) is 0 Å². The van der Waals surface area contributed by atoms with Crippen LogP contribution < -0.4 is 9.47 Å². The normalized spacial score (nSPS) is 10.1. The molecule has 0 saturated carbocycles. The summed E-state index contributed by atoms with van der Waals surface area (Å²) >= 11 is 0. The summed E-state index contributed by atoms with van der Waals surface area (Å²) in [5.74, 6) is 0.945. The number of hydrogen-bond donors (Lipinski definition) is 0. The number of rotatable bonds is 6. The standard InChI is InChI=1S/C13H18O4/c1-4-15-13(14)9-16-11-6-5-7-12(8-11)17-10(2)3/h5-8,10H,4,9H2,1-3H3. The first kappa shape index (κ1) is 13.4. The lowest BCUT2D eigenvalue weighted by Gasteiger charge is -2.11. The van der Waals surface area contributed by atoms with Gasteiger partial charge in [-0.25, -0.2) is 4.79 Å². The molecule has 0 aliphatic heterocycles. The molecule has 0 fully saturated rings. The van der Waals surface area contributed by atoms with E-state index in [0.29, 0.717) is 12.4 Å². The molecule has 0 radical (unpaired) electrons. The molecule has 1 aromatic rings. The molecule has 94 valence electrons. The van der Waals surface area contributed by atoms with E-state index in [1.807, 2.05) is 26.0 Å². The summed E-state index contributed by atoms with van der Waals surface area (Å²) in [6, 6.07) is 7.18. The minimum Gasteiger partial charge on any atom is -0.491 e. The fourth-order valence-electron chi connectivity index (χ4n) is 1.25. The average molecular weight is 238 g/mol. The molecule has 0 bridgehead atoms. The third kappa shape index (κ3) is 5.24. The second kappa shape index (κ2) is 6.78. The van der Waals surface area contributed by atoms with Crippen molar-refractivity contribution in [1.82, 2.24) is 0 Å². The Morgan fingerprint density at radius 3 is 2.65 bits per heavy atom. The number of carbonyl (C=O) groups is 1. The van der Waals surface area contributed by atoms with Crippen LogP contribution in [0.4, 0.5) is 0 Å². The smallest absolute Gasteiger partial charge is 0.344 e. The zero-order valence-corrected chi connectivity index (χ0v) is 10.4. The second-order valence-electron chi connectivity index (χ2n) is 3.74. The highest BCUT2D eigenvalue weighted by Crippen LogP contribution is 2.20. The van der Waals surface area contributed by atoms with Gasteiger partial charge in [-0.05, 0) is 32.9 Å². The molecule has 1 rings (SSSR count). The second-order valence-corrected chi connectivity index (χ2v) is 3.74. The molecule has 0 amide bonds. The molecule has 4 heteroatoms.